The van der Waals surface area contributed by atoms with Crippen molar-refractivity contribution in [2.24, 2.45) is 5.73 Å². The smallest absolute Gasteiger partial charge is 0.0825 e. The van der Waals surface area contributed by atoms with Gasteiger partial charge in [-0.2, -0.15) is 0 Å². The maximum atomic E-state index is 5.88. The van der Waals surface area contributed by atoms with E-state index in [0.717, 1.165) is 19.6 Å². The Kier molecular flexibility index (Phi) is 2.58. The first-order chi connectivity index (χ1) is 6.30. The summed E-state index contributed by atoms with van der Waals surface area (Å²) in [5, 5.41) is 0. The first kappa shape index (κ1) is 9.44. The number of nitrogens with two attached hydrogens (primary N) is 1. The largest absolute Gasteiger partial charge is 0.379 e. The van der Waals surface area contributed by atoms with Crippen LogP contribution >= 0.6 is 0 Å². The maximum Gasteiger partial charge on any atom is 0.0825 e. The van der Waals surface area contributed by atoms with Crippen molar-refractivity contribution in [3.63, 3.8) is 0 Å². The van der Waals surface area contributed by atoms with Gasteiger partial charge < -0.3 is 10.5 Å². The molecule has 2 N–H and O–H groups in total. The first-order valence-electron chi connectivity index (χ1n) is 5.29. The third-order valence-corrected chi connectivity index (χ3v) is 3.77. The van der Waals surface area contributed by atoms with Crippen LogP contribution in [0.15, 0.2) is 0 Å². The Bertz CT molecular complexity index is 172. The number of hydrogen-bond donors (Lipinski definition) is 1. The van der Waals surface area contributed by atoms with Gasteiger partial charge in [-0.1, -0.05) is 12.8 Å². The molecule has 0 aromatic carbocycles. The van der Waals surface area contributed by atoms with E-state index in [4.69, 9.17) is 10.5 Å². The summed E-state index contributed by atoms with van der Waals surface area (Å²) in [5.74, 6) is 0. The van der Waals surface area contributed by atoms with E-state index in [1.54, 1.807) is 7.11 Å². The van der Waals surface area contributed by atoms with E-state index in [0.29, 0.717) is 11.6 Å². The predicted octanol–water partition coefficient (Wildman–Crippen LogP) is 0.588. The lowest BCUT2D eigenvalue weighted by Gasteiger charge is -2.50. The SMILES string of the molecule is COC1CN(C2(CN)CCCC2)C1. The number of likely N-dealkylation sites (tertiary alicyclic amines) is 1. The Morgan fingerprint density at radius 1 is 1.38 bits per heavy atom. The lowest BCUT2D eigenvalue weighted by molar-refractivity contribution is -0.0817. The second-order valence-corrected chi connectivity index (χ2v) is 4.40. The van der Waals surface area contributed by atoms with Gasteiger partial charge in [0.2, 0.25) is 0 Å². The van der Waals surface area contributed by atoms with Crippen LogP contribution in [0.2, 0.25) is 0 Å². The molecule has 3 heteroatoms. The fourth-order valence-electron chi connectivity index (χ4n) is 2.66. The normalized spacial score (nSPS) is 29.1. The Balaban J connectivity index is 1.91. The molecule has 2 fully saturated rings. The van der Waals surface area contributed by atoms with Gasteiger partial charge in [0.05, 0.1) is 6.10 Å². The molecule has 0 bridgehead atoms. The third-order valence-electron chi connectivity index (χ3n) is 3.77. The zero-order valence-electron chi connectivity index (χ0n) is 8.46. The second-order valence-electron chi connectivity index (χ2n) is 4.40. The molecule has 1 aliphatic carbocycles. The quantitative estimate of drug-likeness (QED) is 0.697. The minimum atomic E-state index is 0.342. The molecule has 0 radical (unpaired) electrons. The molecule has 0 aromatic heterocycles. The molecule has 0 spiro atoms. The zero-order valence-corrected chi connectivity index (χ0v) is 8.46. The van der Waals surface area contributed by atoms with Gasteiger partial charge in [-0.05, 0) is 12.8 Å². The Morgan fingerprint density at radius 3 is 2.46 bits per heavy atom. The van der Waals surface area contributed by atoms with E-state index in [1.165, 1.54) is 25.7 Å². The standard InChI is InChI=1S/C10H20N2O/c1-13-9-6-12(7-9)10(8-11)4-2-3-5-10/h9H,2-8,11H2,1H3. The van der Waals surface area contributed by atoms with Gasteiger partial charge in [-0.3, -0.25) is 4.90 Å². The highest BCUT2D eigenvalue weighted by Gasteiger charge is 2.44. The van der Waals surface area contributed by atoms with E-state index in [9.17, 15) is 0 Å². The molecule has 13 heavy (non-hydrogen) atoms. The van der Waals surface area contributed by atoms with Crippen molar-refractivity contribution in [2.75, 3.05) is 26.7 Å². The average Bonchev–Trinajstić information content (AvgIpc) is 2.52. The average molecular weight is 184 g/mol. The summed E-state index contributed by atoms with van der Waals surface area (Å²) >= 11 is 0. The van der Waals surface area contributed by atoms with Crippen LogP contribution < -0.4 is 5.73 Å². The number of methoxy groups -OCH3 is 1. The Labute approximate surface area is 80.2 Å². The molecule has 2 rings (SSSR count). The summed E-state index contributed by atoms with van der Waals surface area (Å²) in [7, 11) is 1.80. The summed E-state index contributed by atoms with van der Waals surface area (Å²) in [6.45, 7) is 3.00. The van der Waals surface area contributed by atoms with E-state index in [-0.39, 0.29) is 0 Å². The van der Waals surface area contributed by atoms with Crippen LogP contribution in [-0.4, -0.2) is 43.3 Å². The molecular weight excluding hydrogens is 164 g/mol. The number of hydrogen-bond acceptors (Lipinski definition) is 3. The summed E-state index contributed by atoms with van der Waals surface area (Å²) in [5.41, 5.74) is 6.23. The van der Waals surface area contributed by atoms with Crippen molar-refractivity contribution >= 4 is 0 Å². The fraction of sp³-hybridized carbons (Fsp3) is 1.00. The minimum Gasteiger partial charge on any atom is -0.379 e. The summed E-state index contributed by atoms with van der Waals surface area (Å²) in [6.07, 6.45) is 5.75. The highest BCUT2D eigenvalue weighted by molar-refractivity contribution is 5.01. The number of rotatable bonds is 3. The van der Waals surface area contributed by atoms with Crippen LogP contribution in [-0.2, 0) is 4.74 Å². The van der Waals surface area contributed by atoms with Gasteiger partial charge in [-0.25, -0.2) is 0 Å². The van der Waals surface area contributed by atoms with Crippen molar-refractivity contribution in [3.8, 4) is 0 Å². The van der Waals surface area contributed by atoms with E-state index in [2.05, 4.69) is 4.90 Å². The van der Waals surface area contributed by atoms with Gasteiger partial charge in [0.25, 0.3) is 0 Å². The molecule has 0 atom stereocenters. The van der Waals surface area contributed by atoms with Crippen LogP contribution in [0, 0.1) is 0 Å². The first-order valence-corrected chi connectivity index (χ1v) is 5.29. The summed E-state index contributed by atoms with van der Waals surface area (Å²) < 4.78 is 5.28. The number of nitrogens with zero attached hydrogens (tertiary/aromatic N) is 1. The zero-order chi connectivity index (χ0) is 9.31. The maximum absolute atomic E-state index is 5.88. The van der Waals surface area contributed by atoms with Gasteiger partial charge >= 0.3 is 0 Å². The molecule has 2 aliphatic rings. The van der Waals surface area contributed by atoms with E-state index < -0.39 is 0 Å². The summed E-state index contributed by atoms with van der Waals surface area (Å²) in [4.78, 5) is 2.52. The highest BCUT2D eigenvalue weighted by Crippen LogP contribution is 2.37. The molecule has 1 saturated carbocycles. The topological polar surface area (TPSA) is 38.5 Å². The molecule has 76 valence electrons. The van der Waals surface area contributed by atoms with Crippen LogP contribution in [0.1, 0.15) is 25.7 Å². The second kappa shape index (κ2) is 3.56. The van der Waals surface area contributed by atoms with E-state index >= 15 is 0 Å². The van der Waals surface area contributed by atoms with Gasteiger partial charge in [0.1, 0.15) is 0 Å². The van der Waals surface area contributed by atoms with Crippen molar-refractivity contribution in [1.82, 2.24) is 4.90 Å². The fourth-order valence-corrected chi connectivity index (χ4v) is 2.66. The molecule has 0 unspecified atom stereocenters. The molecule has 0 aromatic rings. The van der Waals surface area contributed by atoms with Crippen molar-refractivity contribution in [1.29, 1.82) is 0 Å². The number of ether oxygens (including phenoxy) is 1. The lowest BCUT2D eigenvalue weighted by Crippen LogP contribution is -2.64. The van der Waals surface area contributed by atoms with Crippen LogP contribution in [0.3, 0.4) is 0 Å². The predicted molar refractivity (Wildman–Crippen MR) is 52.6 cm³/mol. The minimum absolute atomic E-state index is 0.342. The highest BCUT2D eigenvalue weighted by atomic mass is 16.5. The van der Waals surface area contributed by atoms with Crippen LogP contribution in [0.25, 0.3) is 0 Å². The molecular formula is C10H20N2O. The Hall–Kier alpha value is -0.120. The van der Waals surface area contributed by atoms with Gasteiger partial charge in [0.15, 0.2) is 0 Å². The van der Waals surface area contributed by atoms with Gasteiger partial charge in [0, 0.05) is 32.3 Å². The van der Waals surface area contributed by atoms with Crippen molar-refractivity contribution in [3.05, 3.63) is 0 Å². The van der Waals surface area contributed by atoms with Gasteiger partial charge in [-0.15, -0.1) is 0 Å². The summed E-state index contributed by atoms with van der Waals surface area (Å²) in [6, 6.07) is 0. The third kappa shape index (κ3) is 1.49. The van der Waals surface area contributed by atoms with Crippen LogP contribution in [0.4, 0.5) is 0 Å². The molecule has 3 nitrogen and oxygen atoms in total. The molecule has 1 heterocycles. The molecule has 1 aliphatic heterocycles. The van der Waals surface area contributed by atoms with E-state index in [1.807, 2.05) is 0 Å². The van der Waals surface area contributed by atoms with Crippen LogP contribution in [0.5, 0.6) is 0 Å². The Morgan fingerprint density at radius 2 is 2.00 bits per heavy atom. The van der Waals surface area contributed by atoms with Crippen molar-refractivity contribution in [2.45, 2.75) is 37.3 Å². The monoisotopic (exact) mass is 184 g/mol. The molecule has 1 saturated heterocycles. The molecule has 0 amide bonds. The van der Waals surface area contributed by atoms with Crippen molar-refractivity contribution < 1.29 is 4.74 Å². The lowest BCUT2D eigenvalue weighted by atomic mass is 9.91.